The predicted molar refractivity (Wildman–Crippen MR) is 118 cm³/mol. The van der Waals surface area contributed by atoms with Gasteiger partial charge in [0, 0.05) is 19.2 Å². The maximum Gasteiger partial charge on any atom is 0.269 e. The Morgan fingerprint density at radius 3 is 2.43 bits per heavy atom. The SMILES string of the molecule is COC[C@H]1CCCN1N1C(=O)c2ccc(OC)cc2[C@H]1c1ccc(C(C)(C)C)cc1. The van der Waals surface area contributed by atoms with E-state index in [1.54, 1.807) is 14.2 Å². The Labute approximate surface area is 179 Å². The van der Waals surface area contributed by atoms with E-state index in [9.17, 15) is 4.79 Å². The van der Waals surface area contributed by atoms with Crippen LogP contribution in [0.3, 0.4) is 0 Å². The standard InChI is InChI=1S/C25H32N2O3/c1-25(2,3)18-10-8-17(9-11-18)23-22-15-20(30-5)12-13-21(22)24(28)27(23)26-14-6-7-19(26)16-29-4/h8-13,15,19,23H,6-7,14,16H2,1-5H3/t19-,23-/m1/s1. The highest BCUT2D eigenvalue weighted by atomic mass is 16.5. The van der Waals surface area contributed by atoms with Crippen molar-refractivity contribution in [2.24, 2.45) is 0 Å². The van der Waals surface area contributed by atoms with E-state index in [1.165, 1.54) is 5.56 Å². The van der Waals surface area contributed by atoms with Gasteiger partial charge in [-0.3, -0.25) is 9.80 Å². The summed E-state index contributed by atoms with van der Waals surface area (Å²) < 4.78 is 10.9. The molecule has 1 amide bonds. The summed E-state index contributed by atoms with van der Waals surface area (Å²) in [6.45, 7) is 8.13. The number of hydrogen-bond donors (Lipinski definition) is 0. The van der Waals surface area contributed by atoms with Gasteiger partial charge in [0.2, 0.25) is 0 Å². The number of amides is 1. The first kappa shape index (κ1) is 20.9. The molecule has 30 heavy (non-hydrogen) atoms. The number of rotatable bonds is 5. The molecule has 1 saturated heterocycles. The lowest BCUT2D eigenvalue weighted by atomic mass is 9.86. The minimum Gasteiger partial charge on any atom is -0.497 e. The smallest absolute Gasteiger partial charge is 0.269 e. The highest BCUT2D eigenvalue weighted by Crippen LogP contribution is 2.43. The van der Waals surface area contributed by atoms with Crippen LogP contribution in [0.15, 0.2) is 42.5 Å². The van der Waals surface area contributed by atoms with E-state index in [0.29, 0.717) is 6.61 Å². The zero-order chi connectivity index (χ0) is 21.5. The molecular formula is C25H32N2O3. The molecule has 2 aliphatic heterocycles. The number of fused-ring (bicyclic) bond motifs is 1. The van der Waals surface area contributed by atoms with Gasteiger partial charge in [-0.15, -0.1) is 0 Å². The van der Waals surface area contributed by atoms with Crippen molar-refractivity contribution in [3.8, 4) is 5.75 Å². The van der Waals surface area contributed by atoms with Crippen molar-refractivity contribution in [3.05, 3.63) is 64.7 Å². The number of hydrogen-bond acceptors (Lipinski definition) is 4. The third-order valence-electron chi connectivity index (χ3n) is 6.31. The average molecular weight is 409 g/mol. The van der Waals surface area contributed by atoms with Crippen molar-refractivity contribution in [2.45, 2.75) is 51.1 Å². The molecule has 0 N–H and O–H groups in total. The highest BCUT2D eigenvalue weighted by Gasteiger charge is 2.44. The van der Waals surface area contributed by atoms with Gasteiger partial charge in [-0.25, -0.2) is 5.01 Å². The monoisotopic (exact) mass is 408 g/mol. The number of benzene rings is 2. The van der Waals surface area contributed by atoms with Crippen LogP contribution in [0, 0.1) is 0 Å². The molecular weight excluding hydrogens is 376 g/mol. The summed E-state index contributed by atoms with van der Waals surface area (Å²) in [6.07, 6.45) is 2.10. The third-order valence-corrected chi connectivity index (χ3v) is 6.31. The van der Waals surface area contributed by atoms with E-state index in [0.717, 1.165) is 41.8 Å². The molecule has 2 aliphatic rings. The molecule has 2 aromatic rings. The Hall–Kier alpha value is -2.37. The van der Waals surface area contributed by atoms with Gasteiger partial charge in [0.25, 0.3) is 5.91 Å². The van der Waals surface area contributed by atoms with Gasteiger partial charge in [0.05, 0.1) is 25.8 Å². The Kier molecular flexibility index (Phi) is 5.60. The number of ether oxygens (including phenoxy) is 2. The molecule has 0 radical (unpaired) electrons. The van der Waals surface area contributed by atoms with Gasteiger partial charge in [0.15, 0.2) is 0 Å². The van der Waals surface area contributed by atoms with Crippen LogP contribution < -0.4 is 4.74 Å². The number of carbonyl (C=O) groups is 1. The first-order valence-corrected chi connectivity index (χ1v) is 10.7. The van der Waals surface area contributed by atoms with Crippen molar-refractivity contribution < 1.29 is 14.3 Å². The molecule has 0 bridgehead atoms. The second-order valence-corrected chi connectivity index (χ2v) is 9.29. The van der Waals surface area contributed by atoms with E-state index < -0.39 is 0 Å². The minimum absolute atomic E-state index is 0.0561. The van der Waals surface area contributed by atoms with E-state index in [2.05, 4.69) is 50.0 Å². The molecule has 0 aliphatic carbocycles. The van der Waals surface area contributed by atoms with Gasteiger partial charge in [-0.2, -0.15) is 0 Å². The summed E-state index contributed by atoms with van der Waals surface area (Å²) in [5.41, 5.74) is 4.25. The number of carbonyl (C=O) groups excluding carboxylic acids is 1. The molecule has 1 fully saturated rings. The van der Waals surface area contributed by atoms with Crippen LogP contribution in [-0.4, -0.2) is 49.3 Å². The summed E-state index contributed by atoms with van der Waals surface area (Å²) in [4.78, 5) is 13.5. The molecule has 2 heterocycles. The fourth-order valence-electron chi connectivity index (χ4n) is 4.68. The summed E-state index contributed by atoms with van der Waals surface area (Å²) >= 11 is 0. The van der Waals surface area contributed by atoms with Crippen LogP contribution in [0.1, 0.15) is 66.7 Å². The lowest BCUT2D eigenvalue weighted by molar-refractivity contribution is -0.0466. The van der Waals surface area contributed by atoms with Crippen molar-refractivity contribution >= 4 is 5.91 Å². The molecule has 2 atom stereocenters. The zero-order valence-corrected chi connectivity index (χ0v) is 18.6. The highest BCUT2D eigenvalue weighted by molar-refractivity contribution is 5.99. The maximum atomic E-state index is 13.5. The van der Waals surface area contributed by atoms with E-state index in [1.807, 2.05) is 23.2 Å². The Bertz CT molecular complexity index is 917. The molecule has 2 aromatic carbocycles. The fourth-order valence-corrected chi connectivity index (χ4v) is 4.68. The Morgan fingerprint density at radius 2 is 1.80 bits per heavy atom. The molecule has 160 valence electrons. The zero-order valence-electron chi connectivity index (χ0n) is 18.6. The van der Waals surface area contributed by atoms with Crippen LogP contribution in [-0.2, 0) is 10.2 Å². The van der Waals surface area contributed by atoms with Crippen molar-refractivity contribution in [3.63, 3.8) is 0 Å². The second-order valence-electron chi connectivity index (χ2n) is 9.29. The van der Waals surface area contributed by atoms with Crippen molar-refractivity contribution in [1.29, 1.82) is 0 Å². The lowest BCUT2D eigenvalue weighted by Gasteiger charge is -2.37. The summed E-state index contributed by atoms with van der Waals surface area (Å²) in [6, 6.07) is 14.5. The maximum absolute atomic E-state index is 13.5. The van der Waals surface area contributed by atoms with Crippen LogP contribution in [0.4, 0.5) is 0 Å². The molecule has 0 unspecified atom stereocenters. The van der Waals surface area contributed by atoms with Gasteiger partial charge in [-0.05, 0) is 53.1 Å². The van der Waals surface area contributed by atoms with Gasteiger partial charge in [0.1, 0.15) is 5.75 Å². The summed E-state index contributed by atoms with van der Waals surface area (Å²) in [5.74, 6) is 0.829. The van der Waals surface area contributed by atoms with Gasteiger partial charge < -0.3 is 9.47 Å². The second kappa shape index (κ2) is 8.05. The fraction of sp³-hybridized carbons (Fsp3) is 0.480. The lowest BCUT2D eigenvalue weighted by Crippen LogP contribution is -2.49. The minimum atomic E-state index is -0.158. The third kappa shape index (κ3) is 3.61. The van der Waals surface area contributed by atoms with Crippen molar-refractivity contribution in [2.75, 3.05) is 27.4 Å². The first-order chi connectivity index (χ1) is 14.3. The van der Waals surface area contributed by atoms with Gasteiger partial charge in [-0.1, -0.05) is 45.0 Å². The topological polar surface area (TPSA) is 42.0 Å². The van der Waals surface area contributed by atoms with Crippen LogP contribution in [0.2, 0.25) is 0 Å². The molecule has 0 saturated carbocycles. The molecule has 0 spiro atoms. The van der Waals surface area contributed by atoms with E-state index >= 15 is 0 Å². The molecule has 5 nitrogen and oxygen atoms in total. The largest absolute Gasteiger partial charge is 0.497 e. The molecule has 0 aromatic heterocycles. The molecule has 4 rings (SSSR count). The number of hydrazine groups is 1. The summed E-state index contributed by atoms with van der Waals surface area (Å²) in [5, 5.41) is 4.19. The predicted octanol–water partition coefficient (Wildman–Crippen LogP) is 4.56. The molecule has 5 heteroatoms. The van der Waals surface area contributed by atoms with E-state index in [4.69, 9.17) is 9.47 Å². The normalized spacial score (nSPS) is 21.9. The van der Waals surface area contributed by atoms with E-state index in [-0.39, 0.29) is 23.4 Å². The van der Waals surface area contributed by atoms with Crippen molar-refractivity contribution in [1.82, 2.24) is 10.0 Å². The summed E-state index contributed by atoms with van der Waals surface area (Å²) in [7, 11) is 3.39. The quantitative estimate of drug-likeness (QED) is 0.727. The Balaban J connectivity index is 1.80. The average Bonchev–Trinajstić information content (AvgIpc) is 3.29. The first-order valence-electron chi connectivity index (χ1n) is 10.7. The van der Waals surface area contributed by atoms with Crippen LogP contribution in [0.25, 0.3) is 0 Å². The Morgan fingerprint density at radius 1 is 1.07 bits per heavy atom. The van der Waals surface area contributed by atoms with Gasteiger partial charge >= 0.3 is 0 Å². The van der Waals surface area contributed by atoms with Crippen LogP contribution in [0.5, 0.6) is 5.75 Å². The number of methoxy groups -OCH3 is 2. The number of nitrogens with zero attached hydrogens (tertiary/aromatic N) is 2. The van der Waals surface area contributed by atoms with Crippen LogP contribution >= 0.6 is 0 Å².